The zero-order valence-electron chi connectivity index (χ0n) is 16.3. The van der Waals surface area contributed by atoms with Crippen molar-refractivity contribution in [3.63, 3.8) is 0 Å². The van der Waals surface area contributed by atoms with Crippen LogP contribution in [0.4, 0.5) is 0 Å². The van der Waals surface area contributed by atoms with E-state index < -0.39 is 0 Å². The molecule has 1 fully saturated rings. The van der Waals surface area contributed by atoms with Crippen LogP contribution in [0.2, 0.25) is 0 Å². The average Bonchev–Trinajstić information content (AvgIpc) is 3.05. The molecule has 0 unspecified atom stereocenters. The van der Waals surface area contributed by atoms with Gasteiger partial charge in [0.15, 0.2) is 12.5 Å². The number of hydrogen-bond donors (Lipinski definition) is 1. The minimum Gasteiger partial charge on any atom is -0.370 e. The van der Waals surface area contributed by atoms with E-state index in [9.17, 15) is 0 Å². The molecule has 3 aromatic rings. The fourth-order valence-corrected chi connectivity index (χ4v) is 3.91. The van der Waals surface area contributed by atoms with Crippen molar-refractivity contribution in [1.29, 1.82) is 0 Å². The van der Waals surface area contributed by atoms with Crippen LogP contribution in [-0.4, -0.2) is 45.6 Å². The Bertz CT molecular complexity index is 990. The van der Waals surface area contributed by atoms with E-state index in [1.165, 1.54) is 10.5 Å². The molecule has 0 spiro atoms. The number of para-hydroxylation sites is 1. The summed E-state index contributed by atoms with van der Waals surface area (Å²) < 4.78 is 10.3. The molecule has 1 N–H and O–H groups in total. The monoisotopic (exact) mass is 396 g/mol. The van der Waals surface area contributed by atoms with Crippen LogP contribution in [0.3, 0.4) is 0 Å². The number of pyridine rings is 1. The standard InChI is InChI=1S/C21H25N5OS/c1-16(2)18-7-3-4-8-19(18)26-20(17-6-5-9-22-14-17)23-25(21(26)28)15-24-10-12-27-13-11-24/h3-9,14,16H,10-13,15H2,1-2H3/p+1. The molecule has 3 heterocycles. The largest absolute Gasteiger partial charge is 0.370 e. The van der Waals surface area contributed by atoms with Crippen molar-refractivity contribution < 1.29 is 9.64 Å². The van der Waals surface area contributed by atoms with E-state index in [0.29, 0.717) is 10.7 Å². The lowest BCUT2D eigenvalue weighted by molar-refractivity contribution is -0.930. The molecule has 4 rings (SSSR count). The first kappa shape index (κ1) is 19.0. The first-order chi connectivity index (χ1) is 13.6. The minimum absolute atomic E-state index is 0.382. The predicted molar refractivity (Wildman–Crippen MR) is 111 cm³/mol. The lowest BCUT2D eigenvalue weighted by Gasteiger charge is -2.23. The molecule has 0 atom stereocenters. The molecule has 2 aromatic heterocycles. The van der Waals surface area contributed by atoms with E-state index in [0.717, 1.165) is 50.0 Å². The number of benzene rings is 1. The molecule has 0 aliphatic carbocycles. The summed E-state index contributed by atoms with van der Waals surface area (Å²) >= 11 is 5.91. The second-order valence-corrected chi connectivity index (χ2v) is 7.78. The van der Waals surface area contributed by atoms with Gasteiger partial charge in [0, 0.05) is 18.0 Å². The Morgan fingerprint density at radius 2 is 1.93 bits per heavy atom. The topological polar surface area (TPSA) is 49.3 Å². The number of aromatic nitrogens is 4. The van der Waals surface area contributed by atoms with Gasteiger partial charge in [-0.05, 0) is 41.9 Å². The van der Waals surface area contributed by atoms with Crippen molar-refractivity contribution in [2.75, 3.05) is 26.3 Å². The Morgan fingerprint density at radius 3 is 2.64 bits per heavy atom. The summed E-state index contributed by atoms with van der Waals surface area (Å²) in [5.74, 6) is 1.21. The van der Waals surface area contributed by atoms with E-state index in [4.69, 9.17) is 22.1 Å². The minimum atomic E-state index is 0.382. The van der Waals surface area contributed by atoms with Gasteiger partial charge in [0.1, 0.15) is 13.1 Å². The van der Waals surface area contributed by atoms with Gasteiger partial charge in [-0.3, -0.25) is 9.55 Å². The molecule has 28 heavy (non-hydrogen) atoms. The van der Waals surface area contributed by atoms with Crippen LogP contribution in [0.15, 0.2) is 48.8 Å². The number of ether oxygens (including phenoxy) is 1. The Morgan fingerprint density at radius 1 is 1.14 bits per heavy atom. The maximum atomic E-state index is 5.91. The van der Waals surface area contributed by atoms with Gasteiger partial charge in [0.05, 0.1) is 18.9 Å². The molecule has 0 saturated carbocycles. The van der Waals surface area contributed by atoms with Crippen LogP contribution in [0.25, 0.3) is 17.1 Å². The van der Waals surface area contributed by atoms with E-state index >= 15 is 0 Å². The maximum Gasteiger partial charge on any atom is 0.207 e. The van der Waals surface area contributed by atoms with Gasteiger partial charge in [0.25, 0.3) is 0 Å². The van der Waals surface area contributed by atoms with Gasteiger partial charge in [-0.15, -0.1) is 5.10 Å². The molecule has 0 bridgehead atoms. The number of rotatable bonds is 5. The predicted octanol–water partition coefficient (Wildman–Crippen LogP) is 2.46. The Balaban J connectivity index is 1.85. The second-order valence-electron chi connectivity index (χ2n) is 7.42. The molecule has 146 valence electrons. The first-order valence-electron chi connectivity index (χ1n) is 9.76. The molecule has 1 aliphatic rings. The quantitative estimate of drug-likeness (QED) is 0.673. The van der Waals surface area contributed by atoms with E-state index in [-0.39, 0.29) is 0 Å². The van der Waals surface area contributed by atoms with Crippen molar-refractivity contribution in [2.24, 2.45) is 0 Å². The zero-order chi connectivity index (χ0) is 19.5. The van der Waals surface area contributed by atoms with Gasteiger partial charge in [0.2, 0.25) is 4.77 Å². The van der Waals surface area contributed by atoms with Gasteiger partial charge < -0.3 is 9.64 Å². The summed E-state index contributed by atoms with van der Waals surface area (Å²) in [5.41, 5.74) is 3.30. The highest BCUT2D eigenvalue weighted by molar-refractivity contribution is 7.71. The molecule has 6 nitrogen and oxygen atoms in total. The number of nitrogens with zero attached hydrogens (tertiary/aromatic N) is 4. The average molecular weight is 397 g/mol. The summed E-state index contributed by atoms with van der Waals surface area (Å²) in [4.78, 5) is 5.72. The Kier molecular flexibility index (Phi) is 5.66. The second kappa shape index (κ2) is 8.34. The lowest BCUT2D eigenvalue weighted by atomic mass is 10.0. The number of morpholine rings is 1. The third-order valence-corrected chi connectivity index (χ3v) is 5.53. The highest BCUT2D eigenvalue weighted by Gasteiger charge is 2.21. The molecule has 0 radical (unpaired) electrons. The van der Waals surface area contributed by atoms with Crippen LogP contribution < -0.4 is 4.90 Å². The van der Waals surface area contributed by atoms with Crippen molar-refractivity contribution in [3.8, 4) is 17.1 Å². The maximum absolute atomic E-state index is 5.91. The van der Waals surface area contributed by atoms with Crippen molar-refractivity contribution in [2.45, 2.75) is 26.4 Å². The third-order valence-electron chi connectivity index (χ3n) is 5.13. The molecule has 1 saturated heterocycles. The van der Waals surface area contributed by atoms with Crippen LogP contribution in [0.5, 0.6) is 0 Å². The fraction of sp³-hybridized carbons (Fsp3) is 0.381. The van der Waals surface area contributed by atoms with Crippen LogP contribution in [-0.2, 0) is 11.4 Å². The van der Waals surface area contributed by atoms with Crippen LogP contribution in [0, 0.1) is 4.77 Å². The van der Waals surface area contributed by atoms with Crippen LogP contribution in [0.1, 0.15) is 25.3 Å². The molecule has 1 aromatic carbocycles. The van der Waals surface area contributed by atoms with Gasteiger partial charge >= 0.3 is 0 Å². The van der Waals surface area contributed by atoms with Crippen molar-refractivity contribution >= 4 is 12.2 Å². The van der Waals surface area contributed by atoms with E-state index in [1.54, 1.807) is 6.20 Å². The Hall–Kier alpha value is -2.35. The molecule has 7 heteroatoms. The molecule has 0 amide bonds. The molecule has 1 aliphatic heterocycles. The first-order valence-corrected chi connectivity index (χ1v) is 10.2. The fourth-order valence-electron chi connectivity index (χ4n) is 3.62. The summed E-state index contributed by atoms with van der Waals surface area (Å²) in [7, 11) is 0. The molecular formula is C21H26N5OS+. The Labute approximate surface area is 170 Å². The van der Waals surface area contributed by atoms with E-state index in [2.05, 4.69) is 47.7 Å². The third kappa shape index (κ3) is 3.78. The number of hydrogen-bond acceptors (Lipinski definition) is 4. The van der Waals surface area contributed by atoms with Gasteiger partial charge in [-0.1, -0.05) is 32.0 Å². The van der Waals surface area contributed by atoms with Gasteiger partial charge in [-0.25, -0.2) is 0 Å². The normalized spacial score (nSPS) is 15.2. The summed E-state index contributed by atoms with van der Waals surface area (Å²) in [5, 5.41) is 4.92. The summed E-state index contributed by atoms with van der Waals surface area (Å²) in [6, 6.07) is 12.4. The number of quaternary nitrogens is 1. The lowest BCUT2D eigenvalue weighted by Crippen LogP contribution is -3.13. The highest BCUT2D eigenvalue weighted by atomic mass is 32.1. The zero-order valence-corrected chi connectivity index (χ0v) is 17.2. The SMILES string of the molecule is CC(C)c1ccccc1-n1c(-c2cccnc2)nn(C[NH+]2CCOCC2)c1=S. The number of nitrogens with one attached hydrogen (secondary N) is 1. The van der Waals surface area contributed by atoms with E-state index in [1.807, 2.05) is 23.0 Å². The molecular weight excluding hydrogens is 370 g/mol. The van der Waals surface area contributed by atoms with Crippen molar-refractivity contribution in [1.82, 2.24) is 19.3 Å². The van der Waals surface area contributed by atoms with Gasteiger partial charge in [-0.2, -0.15) is 4.68 Å². The summed E-state index contributed by atoms with van der Waals surface area (Å²) in [6.45, 7) is 8.66. The van der Waals surface area contributed by atoms with Crippen molar-refractivity contribution in [3.05, 3.63) is 59.1 Å². The highest BCUT2D eigenvalue weighted by Crippen LogP contribution is 2.28. The smallest absolute Gasteiger partial charge is 0.207 e. The van der Waals surface area contributed by atoms with Crippen LogP contribution >= 0.6 is 12.2 Å². The summed E-state index contributed by atoms with van der Waals surface area (Å²) in [6.07, 6.45) is 3.62.